The van der Waals surface area contributed by atoms with Gasteiger partial charge in [0.15, 0.2) is 11.8 Å². The number of aliphatic imine (C=N–C) groups is 1. The molecule has 1 rings (SSSR count). The summed E-state index contributed by atoms with van der Waals surface area (Å²) < 4.78 is 1.99. The molecule has 152 valence electrons. The number of nitrogens with zero attached hydrogens (tertiary/aromatic N) is 4. The molecule has 0 radical (unpaired) electrons. The van der Waals surface area contributed by atoms with E-state index in [1.54, 1.807) is 0 Å². The number of hydrogen-bond donors (Lipinski definition) is 2. The van der Waals surface area contributed by atoms with Crippen molar-refractivity contribution in [3.63, 3.8) is 0 Å². The van der Waals surface area contributed by atoms with Gasteiger partial charge in [0.1, 0.15) is 12.4 Å². The monoisotopic (exact) mass is 496 g/mol. The maximum Gasteiger partial charge on any atom is 0.191 e. The fourth-order valence-electron chi connectivity index (χ4n) is 2.45. The molecular weight excluding hydrogens is 459 g/mol. The lowest BCUT2D eigenvalue weighted by Crippen LogP contribution is -2.42. The van der Waals surface area contributed by atoms with Gasteiger partial charge >= 0.3 is 0 Å². The summed E-state index contributed by atoms with van der Waals surface area (Å²) in [4.78, 5) is 4.71. The van der Waals surface area contributed by atoms with E-state index in [2.05, 4.69) is 47.9 Å². The molecule has 6 nitrogen and oxygen atoms in total. The Bertz CT molecular complexity index is 518. The number of aromatic nitrogens is 3. The smallest absolute Gasteiger partial charge is 0.191 e. The Labute approximate surface area is 180 Å². The van der Waals surface area contributed by atoms with Gasteiger partial charge in [0.2, 0.25) is 0 Å². The first-order valence-corrected chi connectivity index (χ1v) is 10.7. The molecule has 26 heavy (non-hydrogen) atoms. The zero-order valence-corrected chi connectivity index (χ0v) is 20.4. The molecule has 0 aliphatic rings. The summed E-state index contributed by atoms with van der Waals surface area (Å²) in [6.07, 6.45) is 6.95. The van der Waals surface area contributed by atoms with Crippen molar-refractivity contribution in [3.05, 3.63) is 11.6 Å². The highest BCUT2D eigenvalue weighted by molar-refractivity contribution is 14.0. The van der Waals surface area contributed by atoms with Crippen LogP contribution in [0.5, 0.6) is 0 Å². The van der Waals surface area contributed by atoms with Crippen LogP contribution >= 0.6 is 35.7 Å². The van der Waals surface area contributed by atoms with Gasteiger partial charge in [-0.05, 0) is 44.6 Å². The van der Waals surface area contributed by atoms with Gasteiger partial charge in [-0.1, -0.05) is 26.7 Å². The van der Waals surface area contributed by atoms with Gasteiger partial charge in [-0.15, -0.1) is 34.2 Å². The number of aryl methyl sites for hydroxylation is 1. The molecule has 0 aromatic carbocycles. The molecule has 0 amide bonds. The predicted octanol–water partition coefficient (Wildman–Crippen LogP) is 3.74. The molecule has 8 heteroatoms. The third-order valence-electron chi connectivity index (χ3n) is 4.18. The van der Waals surface area contributed by atoms with Crippen molar-refractivity contribution in [2.45, 2.75) is 66.0 Å². The van der Waals surface area contributed by atoms with E-state index in [4.69, 9.17) is 4.99 Å². The van der Waals surface area contributed by atoms with Crippen LogP contribution in [0.3, 0.4) is 0 Å². The van der Waals surface area contributed by atoms with Gasteiger partial charge in [0.05, 0.1) is 0 Å². The van der Waals surface area contributed by atoms with Crippen molar-refractivity contribution in [1.29, 1.82) is 0 Å². The largest absolute Gasteiger partial charge is 0.356 e. The molecule has 1 unspecified atom stereocenters. The van der Waals surface area contributed by atoms with Crippen LogP contribution in [-0.2, 0) is 13.6 Å². The van der Waals surface area contributed by atoms with E-state index < -0.39 is 0 Å². The molecule has 0 saturated carbocycles. The number of guanidine groups is 1. The van der Waals surface area contributed by atoms with Crippen LogP contribution in [0.15, 0.2) is 4.99 Å². The summed E-state index contributed by atoms with van der Waals surface area (Å²) in [6.45, 7) is 10.2. The first-order chi connectivity index (χ1) is 11.9. The van der Waals surface area contributed by atoms with Crippen LogP contribution in [0.1, 0.15) is 58.1 Å². The fraction of sp³-hybridized carbons (Fsp3) is 0.833. The Balaban J connectivity index is 0.00000625. The van der Waals surface area contributed by atoms with E-state index in [0.29, 0.717) is 12.6 Å². The van der Waals surface area contributed by atoms with Crippen LogP contribution in [0.25, 0.3) is 0 Å². The minimum Gasteiger partial charge on any atom is -0.356 e. The summed E-state index contributed by atoms with van der Waals surface area (Å²) in [5, 5.41) is 15.3. The molecule has 0 fully saturated rings. The van der Waals surface area contributed by atoms with Gasteiger partial charge in [0, 0.05) is 19.6 Å². The quantitative estimate of drug-likeness (QED) is 0.212. The van der Waals surface area contributed by atoms with Crippen molar-refractivity contribution in [3.8, 4) is 0 Å². The molecule has 1 heterocycles. The zero-order chi connectivity index (χ0) is 18.7. The highest BCUT2D eigenvalue weighted by Crippen LogP contribution is 2.08. The molecule has 0 saturated heterocycles. The van der Waals surface area contributed by atoms with E-state index in [1.165, 1.54) is 12.8 Å². The van der Waals surface area contributed by atoms with Crippen molar-refractivity contribution in [2.75, 3.05) is 18.6 Å². The van der Waals surface area contributed by atoms with Gasteiger partial charge in [0.25, 0.3) is 0 Å². The average Bonchev–Trinajstić information content (AvgIpc) is 2.87. The minimum absolute atomic E-state index is 0. The van der Waals surface area contributed by atoms with Crippen LogP contribution in [0.2, 0.25) is 0 Å². The highest BCUT2D eigenvalue weighted by atomic mass is 127. The summed E-state index contributed by atoms with van der Waals surface area (Å²) in [7, 11) is 1.98. The van der Waals surface area contributed by atoms with E-state index in [9.17, 15) is 0 Å². The second-order valence-corrected chi connectivity index (χ2v) is 8.02. The average molecular weight is 497 g/mol. The Morgan fingerprint density at radius 3 is 2.50 bits per heavy atom. The molecular formula is C18H37IN6S. The third-order valence-corrected chi connectivity index (χ3v) is 4.88. The molecule has 0 aliphatic heterocycles. The second-order valence-electron chi connectivity index (χ2n) is 7.03. The van der Waals surface area contributed by atoms with Crippen molar-refractivity contribution >= 4 is 41.7 Å². The first kappa shape index (κ1) is 25.5. The molecule has 1 aromatic rings. The van der Waals surface area contributed by atoms with Gasteiger partial charge in [-0.2, -0.15) is 11.8 Å². The second kappa shape index (κ2) is 14.5. The lowest BCUT2D eigenvalue weighted by atomic mass is 10.0. The molecule has 0 spiro atoms. The van der Waals surface area contributed by atoms with Crippen LogP contribution in [0.4, 0.5) is 0 Å². The Morgan fingerprint density at radius 1 is 1.19 bits per heavy atom. The van der Waals surface area contributed by atoms with E-state index in [-0.39, 0.29) is 24.0 Å². The third kappa shape index (κ3) is 10.6. The maximum atomic E-state index is 4.71. The SMILES string of the molecule is CSCCCNC(=NCc1nnc(C)n1C)NC(C)CCCC(C)C.I. The van der Waals surface area contributed by atoms with Crippen LogP contribution < -0.4 is 10.6 Å². The molecule has 1 atom stereocenters. The number of hydrogen-bond acceptors (Lipinski definition) is 4. The van der Waals surface area contributed by atoms with Crippen LogP contribution in [0, 0.1) is 12.8 Å². The number of rotatable bonds is 11. The number of halogens is 1. The molecule has 0 aliphatic carbocycles. The Kier molecular flexibility index (Phi) is 14.3. The number of nitrogens with one attached hydrogen (secondary N) is 2. The normalized spacial score (nSPS) is 12.8. The summed E-state index contributed by atoms with van der Waals surface area (Å²) in [5.74, 6) is 4.60. The van der Waals surface area contributed by atoms with E-state index in [1.807, 2.05) is 30.3 Å². The predicted molar refractivity (Wildman–Crippen MR) is 125 cm³/mol. The number of thioether (sulfide) groups is 1. The van der Waals surface area contributed by atoms with Crippen molar-refractivity contribution in [2.24, 2.45) is 18.0 Å². The summed E-state index contributed by atoms with van der Waals surface area (Å²) >= 11 is 1.87. The van der Waals surface area contributed by atoms with Crippen molar-refractivity contribution in [1.82, 2.24) is 25.4 Å². The molecule has 2 N–H and O–H groups in total. The fourth-order valence-corrected chi connectivity index (χ4v) is 2.89. The maximum absolute atomic E-state index is 4.71. The molecule has 1 aromatic heterocycles. The lowest BCUT2D eigenvalue weighted by molar-refractivity contribution is 0.491. The Hall–Kier alpha value is -0.510. The van der Waals surface area contributed by atoms with Gasteiger partial charge < -0.3 is 15.2 Å². The summed E-state index contributed by atoms with van der Waals surface area (Å²) in [6, 6.07) is 0.409. The first-order valence-electron chi connectivity index (χ1n) is 9.32. The zero-order valence-electron chi connectivity index (χ0n) is 17.2. The van der Waals surface area contributed by atoms with E-state index >= 15 is 0 Å². The van der Waals surface area contributed by atoms with Crippen LogP contribution in [-0.4, -0.2) is 45.3 Å². The summed E-state index contributed by atoms with van der Waals surface area (Å²) in [5.41, 5.74) is 0. The lowest BCUT2D eigenvalue weighted by Gasteiger charge is -2.18. The van der Waals surface area contributed by atoms with Gasteiger partial charge in [-0.3, -0.25) is 0 Å². The van der Waals surface area contributed by atoms with Crippen molar-refractivity contribution < 1.29 is 0 Å². The minimum atomic E-state index is 0. The van der Waals surface area contributed by atoms with E-state index in [0.717, 1.165) is 48.7 Å². The standard InChI is InChI=1S/C18H36N6S.HI/c1-14(2)9-7-10-15(3)21-18(19-11-8-12-25-6)20-13-17-23-22-16(4)24(17)5;/h14-15H,7-13H2,1-6H3,(H2,19,20,21);1H. The molecule has 0 bridgehead atoms. The Morgan fingerprint density at radius 2 is 1.92 bits per heavy atom. The highest BCUT2D eigenvalue weighted by Gasteiger charge is 2.08. The van der Waals surface area contributed by atoms with Gasteiger partial charge in [-0.25, -0.2) is 4.99 Å². The topological polar surface area (TPSA) is 67.1 Å².